The van der Waals surface area contributed by atoms with Gasteiger partial charge in [0.15, 0.2) is 5.82 Å². The lowest BCUT2D eigenvalue weighted by molar-refractivity contribution is 0.382. The van der Waals surface area contributed by atoms with Crippen molar-refractivity contribution in [1.82, 2.24) is 24.9 Å². The van der Waals surface area contributed by atoms with Gasteiger partial charge in [-0.05, 0) is 41.0 Å². The molecule has 0 fully saturated rings. The quantitative estimate of drug-likeness (QED) is 0.335. The van der Waals surface area contributed by atoms with E-state index in [1.165, 1.54) is 31.5 Å². The largest absolute Gasteiger partial charge is 0.508 e. The van der Waals surface area contributed by atoms with Gasteiger partial charge in [-0.2, -0.15) is 9.97 Å². The molecule has 10 heteroatoms. The van der Waals surface area contributed by atoms with Crippen LogP contribution in [-0.2, 0) is 13.0 Å². The Morgan fingerprint density at radius 2 is 2.00 bits per heavy atom. The molecular weight excluding hydrogens is 442 g/mol. The fourth-order valence-electron chi connectivity index (χ4n) is 4.04. The minimum absolute atomic E-state index is 0.0210. The number of aromatic nitrogens is 5. The van der Waals surface area contributed by atoms with Gasteiger partial charge in [0.2, 0.25) is 0 Å². The van der Waals surface area contributed by atoms with E-state index in [0.717, 1.165) is 5.69 Å². The van der Waals surface area contributed by atoms with Gasteiger partial charge >= 0.3 is 6.01 Å². The molecule has 0 atom stereocenters. The molecule has 5 aromatic rings. The van der Waals surface area contributed by atoms with E-state index in [9.17, 15) is 9.50 Å². The molecule has 34 heavy (non-hydrogen) atoms. The average molecular weight is 462 g/mol. The molecule has 0 bridgehead atoms. The monoisotopic (exact) mass is 462 g/mol. The number of H-pyrrole nitrogens is 1. The van der Waals surface area contributed by atoms with Crippen LogP contribution in [0.1, 0.15) is 18.2 Å². The summed E-state index contributed by atoms with van der Waals surface area (Å²) in [6.45, 7) is 2.15. The third kappa shape index (κ3) is 3.62. The maximum atomic E-state index is 15.9. The van der Waals surface area contributed by atoms with E-state index >= 15 is 4.39 Å². The first kappa shape index (κ1) is 21.5. The molecule has 3 N–H and O–H groups in total. The van der Waals surface area contributed by atoms with E-state index in [1.807, 2.05) is 6.92 Å². The fourth-order valence-corrected chi connectivity index (χ4v) is 4.04. The number of phenolic OH excluding ortho intramolecular Hbond substituents is 1. The number of rotatable bonds is 6. The van der Waals surface area contributed by atoms with Crippen molar-refractivity contribution in [2.24, 2.45) is 0 Å². The molecule has 0 radical (unpaired) electrons. The van der Waals surface area contributed by atoms with Gasteiger partial charge in [0.1, 0.15) is 28.6 Å². The summed E-state index contributed by atoms with van der Waals surface area (Å²) in [6, 6.07) is 5.75. The topological polar surface area (TPSA) is 109 Å². The van der Waals surface area contributed by atoms with Crippen molar-refractivity contribution in [2.75, 3.05) is 12.4 Å². The number of nitrogens with one attached hydrogen (secondary N) is 2. The van der Waals surface area contributed by atoms with Gasteiger partial charge in [0.25, 0.3) is 0 Å². The molecule has 5 rings (SSSR count). The van der Waals surface area contributed by atoms with Crippen LogP contribution in [0, 0.1) is 11.6 Å². The van der Waals surface area contributed by atoms with Crippen LogP contribution >= 0.6 is 0 Å². The van der Waals surface area contributed by atoms with Crippen molar-refractivity contribution in [1.29, 1.82) is 0 Å². The molecule has 3 heterocycles. The summed E-state index contributed by atoms with van der Waals surface area (Å²) in [6.07, 6.45) is 5.10. The standard InChI is InChI=1S/C24H20F2N6O2/c1-3-15-18(25)5-4-12-6-14(33)7-16(19(12)15)21-20(26)22-17(10-28-21)23(32-24(31-22)34-2)29-9-13-8-27-11-30-13/h4-8,10-11,33H,3,9H2,1-2H3,(H,27,30)(H,29,31,32). The van der Waals surface area contributed by atoms with E-state index in [4.69, 9.17) is 4.74 Å². The van der Waals surface area contributed by atoms with E-state index in [0.29, 0.717) is 40.5 Å². The number of fused-ring (bicyclic) bond motifs is 2. The van der Waals surface area contributed by atoms with E-state index in [2.05, 4.69) is 30.2 Å². The number of halogens is 2. The number of hydrogen-bond acceptors (Lipinski definition) is 7. The Morgan fingerprint density at radius 3 is 2.74 bits per heavy atom. The second kappa shape index (κ2) is 8.54. The molecule has 0 saturated carbocycles. The number of phenols is 1. The Balaban J connectivity index is 1.73. The third-order valence-electron chi connectivity index (χ3n) is 5.60. The molecule has 0 unspecified atom stereocenters. The summed E-state index contributed by atoms with van der Waals surface area (Å²) in [4.78, 5) is 19.8. The number of methoxy groups -OCH3 is 1. The highest BCUT2D eigenvalue weighted by Crippen LogP contribution is 2.38. The fraction of sp³-hybridized carbons (Fsp3) is 0.167. The van der Waals surface area contributed by atoms with Gasteiger partial charge in [-0.25, -0.2) is 13.8 Å². The van der Waals surface area contributed by atoms with Crippen molar-refractivity contribution >= 4 is 27.5 Å². The minimum Gasteiger partial charge on any atom is -0.508 e. The molecular formula is C24H20F2N6O2. The van der Waals surface area contributed by atoms with Gasteiger partial charge in [-0.1, -0.05) is 13.0 Å². The average Bonchev–Trinajstić information content (AvgIpc) is 3.36. The summed E-state index contributed by atoms with van der Waals surface area (Å²) in [7, 11) is 1.39. The van der Waals surface area contributed by atoms with E-state index in [1.54, 1.807) is 18.6 Å². The number of nitrogens with zero attached hydrogens (tertiary/aromatic N) is 4. The van der Waals surface area contributed by atoms with E-state index < -0.39 is 11.6 Å². The van der Waals surface area contributed by atoms with Gasteiger partial charge in [0.05, 0.1) is 31.1 Å². The molecule has 172 valence electrons. The minimum atomic E-state index is -0.737. The van der Waals surface area contributed by atoms with Crippen LogP contribution in [0.15, 0.2) is 43.0 Å². The van der Waals surface area contributed by atoms with Gasteiger partial charge in [-0.3, -0.25) is 4.98 Å². The number of aromatic hydroxyl groups is 1. The third-order valence-corrected chi connectivity index (χ3v) is 5.60. The van der Waals surface area contributed by atoms with Crippen LogP contribution in [-0.4, -0.2) is 37.1 Å². The molecule has 8 nitrogen and oxygen atoms in total. The second-order valence-corrected chi connectivity index (χ2v) is 7.63. The predicted octanol–water partition coefficient (Wildman–Crippen LogP) is 4.74. The summed E-state index contributed by atoms with van der Waals surface area (Å²) >= 11 is 0. The first-order valence-corrected chi connectivity index (χ1v) is 10.6. The molecule has 0 amide bonds. The number of benzene rings is 2. The Morgan fingerprint density at radius 1 is 1.15 bits per heavy atom. The summed E-state index contributed by atoms with van der Waals surface area (Å²) < 4.78 is 35.7. The number of pyridine rings is 1. The molecule has 3 aromatic heterocycles. The number of hydrogen-bond donors (Lipinski definition) is 3. The number of imidazole rings is 1. The zero-order valence-corrected chi connectivity index (χ0v) is 18.4. The van der Waals surface area contributed by atoms with E-state index in [-0.39, 0.29) is 28.5 Å². The lowest BCUT2D eigenvalue weighted by atomic mass is 9.94. The van der Waals surface area contributed by atoms with Crippen LogP contribution in [0.4, 0.5) is 14.6 Å². The van der Waals surface area contributed by atoms with Crippen LogP contribution < -0.4 is 10.1 Å². The lowest BCUT2D eigenvalue weighted by Gasteiger charge is -2.15. The Hall–Kier alpha value is -4.34. The molecule has 0 spiro atoms. The van der Waals surface area contributed by atoms with Gasteiger partial charge < -0.3 is 20.1 Å². The maximum absolute atomic E-state index is 15.9. The van der Waals surface area contributed by atoms with Crippen molar-refractivity contribution in [3.8, 4) is 23.0 Å². The second-order valence-electron chi connectivity index (χ2n) is 7.63. The number of aromatic amines is 1. The zero-order valence-electron chi connectivity index (χ0n) is 18.4. The van der Waals surface area contributed by atoms with Crippen LogP contribution in [0.5, 0.6) is 11.8 Å². The summed E-state index contributed by atoms with van der Waals surface area (Å²) in [5.74, 6) is -0.904. The van der Waals surface area contributed by atoms with Gasteiger partial charge in [-0.15, -0.1) is 0 Å². The van der Waals surface area contributed by atoms with Crippen molar-refractivity contribution in [2.45, 2.75) is 19.9 Å². The number of aryl methyl sites for hydroxylation is 1. The maximum Gasteiger partial charge on any atom is 0.318 e. The van der Waals surface area contributed by atoms with Gasteiger partial charge in [0, 0.05) is 18.0 Å². The molecule has 0 aliphatic heterocycles. The molecule has 2 aromatic carbocycles. The first-order chi connectivity index (χ1) is 16.5. The number of ether oxygens (including phenoxy) is 1. The van der Waals surface area contributed by atoms with Crippen molar-refractivity contribution in [3.05, 3.63) is 65.9 Å². The first-order valence-electron chi connectivity index (χ1n) is 10.6. The predicted molar refractivity (Wildman–Crippen MR) is 124 cm³/mol. The smallest absolute Gasteiger partial charge is 0.318 e. The Bertz CT molecular complexity index is 1520. The lowest BCUT2D eigenvalue weighted by Crippen LogP contribution is -2.06. The van der Waals surface area contributed by atoms with Crippen molar-refractivity contribution in [3.63, 3.8) is 0 Å². The highest BCUT2D eigenvalue weighted by molar-refractivity contribution is 6.01. The highest BCUT2D eigenvalue weighted by Gasteiger charge is 2.21. The summed E-state index contributed by atoms with van der Waals surface area (Å²) in [5.41, 5.74) is 1.33. The Labute approximate surface area is 192 Å². The van der Waals surface area contributed by atoms with Crippen LogP contribution in [0.2, 0.25) is 0 Å². The highest BCUT2D eigenvalue weighted by atomic mass is 19.1. The SMILES string of the molecule is CCc1c(F)ccc2cc(O)cc(-c3ncc4c(NCc5c[nH]cn5)nc(OC)nc4c3F)c12. The number of anilines is 1. The van der Waals surface area contributed by atoms with Crippen LogP contribution in [0.25, 0.3) is 32.9 Å². The Kier molecular flexibility index (Phi) is 5.40. The molecule has 0 saturated heterocycles. The summed E-state index contributed by atoms with van der Waals surface area (Å²) in [5, 5.41) is 14.8. The molecule has 0 aliphatic rings. The normalized spacial score (nSPS) is 11.3. The van der Waals surface area contributed by atoms with Crippen LogP contribution in [0.3, 0.4) is 0 Å². The van der Waals surface area contributed by atoms with Crippen molar-refractivity contribution < 1.29 is 18.6 Å². The zero-order chi connectivity index (χ0) is 23.8. The molecule has 0 aliphatic carbocycles.